The van der Waals surface area contributed by atoms with E-state index in [9.17, 15) is 0 Å². The zero-order chi connectivity index (χ0) is 18.2. The molecule has 0 spiro atoms. The van der Waals surface area contributed by atoms with E-state index < -0.39 is 0 Å². The average Bonchev–Trinajstić information content (AvgIpc) is 2.91. The largest absolute Gasteiger partial charge is 0.454 e. The van der Waals surface area contributed by atoms with Crippen molar-refractivity contribution in [3.63, 3.8) is 0 Å². The van der Waals surface area contributed by atoms with Gasteiger partial charge in [-0.25, -0.2) is 0 Å². The van der Waals surface area contributed by atoms with Gasteiger partial charge in [-0.05, 0) is 42.0 Å². The van der Waals surface area contributed by atoms with E-state index in [1.54, 1.807) is 30.5 Å². The van der Waals surface area contributed by atoms with Gasteiger partial charge in [0.2, 0.25) is 0 Å². The molecule has 3 aromatic rings. The van der Waals surface area contributed by atoms with E-state index in [0.717, 1.165) is 5.69 Å². The van der Waals surface area contributed by atoms with Gasteiger partial charge in [0.25, 0.3) is 0 Å². The maximum atomic E-state index is 5.96. The number of nitrogens with zero attached hydrogens (tertiary/aromatic N) is 1. The van der Waals surface area contributed by atoms with Crippen LogP contribution >= 0.6 is 23.2 Å². The van der Waals surface area contributed by atoms with Crippen LogP contribution < -0.4 is 10.2 Å². The molecule has 1 aliphatic rings. The Labute approximate surface area is 162 Å². The molecule has 5 heteroatoms. The van der Waals surface area contributed by atoms with Crippen molar-refractivity contribution >= 4 is 41.2 Å². The number of ether oxygens (including phenoxy) is 1. The number of rotatable bonds is 2. The Morgan fingerprint density at radius 2 is 1.31 bits per heavy atom. The van der Waals surface area contributed by atoms with Gasteiger partial charge >= 0.3 is 0 Å². The SMILES string of the molecule is C1=Cc2ccccc2NN=C1.Clc1ccccc1Oc1ccccc1Cl. The summed E-state index contributed by atoms with van der Waals surface area (Å²) in [5, 5.41) is 5.08. The third kappa shape index (κ3) is 4.88. The van der Waals surface area contributed by atoms with Crippen LogP contribution in [0.1, 0.15) is 5.56 Å². The number of allylic oxidation sites excluding steroid dienone is 1. The first-order chi connectivity index (χ1) is 12.7. The van der Waals surface area contributed by atoms with Crippen molar-refractivity contribution in [2.24, 2.45) is 5.10 Å². The first kappa shape index (κ1) is 18.1. The summed E-state index contributed by atoms with van der Waals surface area (Å²) in [6.45, 7) is 0. The fourth-order valence-corrected chi connectivity index (χ4v) is 2.56. The lowest BCUT2D eigenvalue weighted by Crippen LogP contribution is -1.87. The first-order valence-electron chi connectivity index (χ1n) is 7.96. The lowest BCUT2D eigenvalue weighted by Gasteiger charge is -2.08. The zero-order valence-corrected chi connectivity index (χ0v) is 15.3. The minimum absolute atomic E-state index is 0.567. The molecular weight excluding hydrogens is 367 g/mol. The van der Waals surface area contributed by atoms with Gasteiger partial charge in [0.05, 0.1) is 15.7 Å². The number of anilines is 1. The predicted octanol–water partition coefficient (Wildman–Crippen LogP) is 6.90. The maximum Gasteiger partial charge on any atom is 0.146 e. The van der Waals surface area contributed by atoms with Gasteiger partial charge in [-0.1, -0.05) is 71.7 Å². The Balaban J connectivity index is 0.000000158. The van der Waals surface area contributed by atoms with Crippen molar-refractivity contribution in [3.05, 3.63) is 94.5 Å². The molecule has 26 heavy (non-hydrogen) atoms. The molecule has 0 aromatic heterocycles. The topological polar surface area (TPSA) is 33.6 Å². The smallest absolute Gasteiger partial charge is 0.146 e. The van der Waals surface area contributed by atoms with Gasteiger partial charge in [0.15, 0.2) is 0 Å². The van der Waals surface area contributed by atoms with Crippen LogP contribution in [0.25, 0.3) is 6.08 Å². The van der Waals surface area contributed by atoms with Crippen LogP contribution in [0.3, 0.4) is 0 Å². The molecule has 1 aliphatic heterocycles. The predicted molar refractivity (Wildman–Crippen MR) is 111 cm³/mol. The Morgan fingerprint density at radius 1 is 0.731 bits per heavy atom. The molecule has 0 fully saturated rings. The molecule has 1 heterocycles. The van der Waals surface area contributed by atoms with E-state index >= 15 is 0 Å². The molecular formula is C21H16Cl2N2O. The molecule has 0 atom stereocenters. The molecule has 0 aliphatic carbocycles. The second-order valence-corrected chi connectivity index (χ2v) is 6.11. The Morgan fingerprint density at radius 3 is 1.96 bits per heavy atom. The van der Waals surface area contributed by atoms with Crippen LogP contribution in [0, 0.1) is 0 Å². The molecule has 0 radical (unpaired) electrons. The van der Waals surface area contributed by atoms with Crippen LogP contribution in [0.15, 0.2) is 84.0 Å². The highest BCUT2D eigenvalue weighted by molar-refractivity contribution is 6.32. The van der Waals surface area contributed by atoms with Crippen molar-refractivity contribution in [2.45, 2.75) is 0 Å². The monoisotopic (exact) mass is 382 g/mol. The van der Waals surface area contributed by atoms with Gasteiger partial charge in [-0.15, -0.1) is 0 Å². The number of hydrogen-bond acceptors (Lipinski definition) is 3. The van der Waals surface area contributed by atoms with Gasteiger partial charge in [-0.3, -0.25) is 5.43 Å². The normalized spacial score (nSPS) is 11.5. The van der Waals surface area contributed by atoms with E-state index in [0.29, 0.717) is 21.5 Å². The molecule has 130 valence electrons. The van der Waals surface area contributed by atoms with Crippen molar-refractivity contribution in [3.8, 4) is 11.5 Å². The van der Waals surface area contributed by atoms with Crippen molar-refractivity contribution in [2.75, 3.05) is 5.43 Å². The summed E-state index contributed by atoms with van der Waals surface area (Å²) in [7, 11) is 0. The highest BCUT2D eigenvalue weighted by Gasteiger charge is 2.04. The van der Waals surface area contributed by atoms with Crippen LogP contribution in [-0.2, 0) is 0 Å². The minimum atomic E-state index is 0.567. The highest BCUT2D eigenvalue weighted by atomic mass is 35.5. The van der Waals surface area contributed by atoms with Crippen LogP contribution in [-0.4, -0.2) is 6.21 Å². The molecule has 3 aromatic carbocycles. The summed E-state index contributed by atoms with van der Waals surface area (Å²) in [4.78, 5) is 0. The Bertz CT molecular complexity index is 895. The van der Waals surface area contributed by atoms with Gasteiger partial charge in [-0.2, -0.15) is 5.10 Å². The highest BCUT2D eigenvalue weighted by Crippen LogP contribution is 2.32. The summed E-state index contributed by atoms with van der Waals surface area (Å²) < 4.78 is 5.58. The quantitative estimate of drug-likeness (QED) is 0.522. The molecule has 0 saturated heterocycles. The number of hydrazone groups is 1. The third-order valence-corrected chi connectivity index (χ3v) is 4.10. The number of nitrogens with one attached hydrogen (secondary N) is 1. The second kappa shape index (κ2) is 9.09. The summed E-state index contributed by atoms with van der Waals surface area (Å²) in [5.74, 6) is 1.21. The number of benzene rings is 3. The number of fused-ring (bicyclic) bond motifs is 1. The Hall–Kier alpha value is -2.75. The summed E-state index contributed by atoms with van der Waals surface area (Å²) in [6, 6.07) is 22.6. The number of halogens is 2. The fourth-order valence-electron chi connectivity index (χ4n) is 2.21. The first-order valence-corrected chi connectivity index (χ1v) is 8.71. The second-order valence-electron chi connectivity index (χ2n) is 5.30. The van der Waals surface area contributed by atoms with E-state index in [4.69, 9.17) is 27.9 Å². The third-order valence-electron chi connectivity index (χ3n) is 3.48. The molecule has 4 rings (SSSR count). The fraction of sp³-hybridized carbons (Fsp3) is 0. The molecule has 0 saturated carbocycles. The van der Waals surface area contributed by atoms with E-state index in [-0.39, 0.29) is 0 Å². The van der Waals surface area contributed by atoms with E-state index in [1.165, 1.54) is 5.56 Å². The average molecular weight is 383 g/mol. The van der Waals surface area contributed by atoms with Gasteiger partial charge in [0.1, 0.15) is 11.5 Å². The lowest BCUT2D eigenvalue weighted by molar-refractivity contribution is 0.483. The molecule has 0 bridgehead atoms. The molecule has 0 amide bonds. The zero-order valence-electron chi connectivity index (χ0n) is 13.8. The standard InChI is InChI=1S/C12H8Cl2O.C9H8N2/c13-9-5-1-3-7-11(9)15-12-8-4-2-6-10(12)14;1-2-6-9-8(4-1)5-3-7-10-11-9/h1-8H;1-7,11H. The Kier molecular flexibility index (Phi) is 6.31. The van der Waals surface area contributed by atoms with Crippen molar-refractivity contribution in [1.29, 1.82) is 0 Å². The summed E-state index contributed by atoms with van der Waals surface area (Å²) >= 11 is 11.9. The van der Waals surface area contributed by atoms with Crippen LogP contribution in [0.5, 0.6) is 11.5 Å². The number of hydrogen-bond donors (Lipinski definition) is 1. The van der Waals surface area contributed by atoms with Crippen LogP contribution in [0.2, 0.25) is 10.0 Å². The van der Waals surface area contributed by atoms with E-state index in [1.807, 2.05) is 60.7 Å². The van der Waals surface area contributed by atoms with Crippen LogP contribution in [0.4, 0.5) is 5.69 Å². The summed E-state index contributed by atoms with van der Waals surface area (Å²) in [6.07, 6.45) is 5.68. The number of para-hydroxylation sites is 3. The molecule has 0 unspecified atom stereocenters. The summed E-state index contributed by atoms with van der Waals surface area (Å²) in [5.41, 5.74) is 5.16. The van der Waals surface area contributed by atoms with Gasteiger partial charge < -0.3 is 4.74 Å². The maximum absolute atomic E-state index is 5.96. The molecule has 3 nitrogen and oxygen atoms in total. The van der Waals surface area contributed by atoms with Crippen molar-refractivity contribution < 1.29 is 4.74 Å². The van der Waals surface area contributed by atoms with Crippen molar-refractivity contribution in [1.82, 2.24) is 0 Å². The van der Waals surface area contributed by atoms with E-state index in [2.05, 4.69) is 10.5 Å². The molecule has 1 N–H and O–H groups in total. The van der Waals surface area contributed by atoms with Gasteiger partial charge in [0, 0.05) is 6.21 Å². The minimum Gasteiger partial charge on any atom is -0.454 e. The lowest BCUT2D eigenvalue weighted by atomic mass is 10.2.